The molecule has 14 heteroatoms. The van der Waals surface area contributed by atoms with Crippen LogP contribution < -0.4 is 21.7 Å². The lowest BCUT2D eigenvalue weighted by Crippen LogP contribution is -2.33. The molecule has 3 aromatic heterocycles. The van der Waals surface area contributed by atoms with Crippen molar-refractivity contribution in [3.63, 3.8) is 0 Å². The molecule has 0 unspecified atom stereocenters. The second-order valence-electron chi connectivity index (χ2n) is 8.06. The maximum atomic E-state index is 13.0. The van der Waals surface area contributed by atoms with Gasteiger partial charge >= 0.3 is 11.9 Å². The highest BCUT2D eigenvalue weighted by Gasteiger charge is 2.32. The molecule has 0 spiro atoms. The molecule has 0 aliphatic heterocycles. The summed E-state index contributed by atoms with van der Waals surface area (Å²) in [7, 11) is 0. The molecule has 0 saturated carbocycles. The fourth-order valence-corrected chi connectivity index (χ4v) is 5.05. The van der Waals surface area contributed by atoms with Crippen molar-refractivity contribution in [3.8, 4) is 27.8 Å². The number of alkyl halides is 3. The predicted octanol–water partition coefficient (Wildman–Crippen LogP) is 6.21. The van der Waals surface area contributed by atoms with E-state index in [1.807, 2.05) is 11.9 Å². The number of ether oxygens (including phenoxy) is 1. The minimum Gasteiger partial charge on any atom is -0.454 e. The van der Waals surface area contributed by atoms with Crippen LogP contribution in [-0.4, -0.2) is 19.7 Å². The zero-order chi connectivity index (χ0) is 27.4. The van der Waals surface area contributed by atoms with Gasteiger partial charge in [0, 0.05) is 5.39 Å². The SMILES string of the molecule is Cc1cc(-c2ccc(C(F)(F)F)s2)nc2ccc(Oc3c(Cl)cc(-n4nc(N)c(=O)[nH]c4=O)cc3Cl)cc12. The molecule has 2 aromatic carbocycles. The number of H-pyrrole nitrogens is 1. The third-order valence-corrected chi connectivity index (χ3v) is 7.14. The van der Waals surface area contributed by atoms with Gasteiger partial charge in [0.25, 0.3) is 5.56 Å². The van der Waals surface area contributed by atoms with E-state index in [0.29, 0.717) is 38.6 Å². The standard InChI is InChI=1S/C24H14Cl2F3N5O3S/c1-10-6-17(18-4-5-19(38-18)24(27,28)29)31-16-3-2-12(9-13(10)16)37-20-14(25)7-11(8-15(20)26)34-23(36)32-22(35)21(30)33-34/h2-9H,1H3,(H2,30,33)(H,32,35,36). The van der Waals surface area contributed by atoms with Gasteiger partial charge in [-0.25, -0.2) is 9.78 Å². The zero-order valence-corrected chi connectivity index (χ0v) is 21.4. The molecule has 0 radical (unpaired) electrons. The van der Waals surface area contributed by atoms with Crippen molar-refractivity contribution in [2.75, 3.05) is 5.73 Å². The van der Waals surface area contributed by atoms with Gasteiger partial charge in [0.2, 0.25) is 5.82 Å². The summed E-state index contributed by atoms with van der Waals surface area (Å²) in [6.07, 6.45) is -4.42. The van der Waals surface area contributed by atoms with Crippen LogP contribution in [0.5, 0.6) is 11.5 Å². The fraction of sp³-hybridized carbons (Fsp3) is 0.0833. The molecule has 0 saturated heterocycles. The van der Waals surface area contributed by atoms with Crippen LogP contribution in [0.2, 0.25) is 10.0 Å². The highest BCUT2D eigenvalue weighted by atomic mass is 35.5. The Morgan fingerprint density at radius 1 is 1.05 bits per heavy atom. The molecule has 194 valence electrons. The molecule has 0 fully saturated rings. The number of aromatic nitrogens is 4. The van der Waals surface area contributed by atoms with Gasteiger partial charge in [0.1, 0.15) is 10.6 Å². The lowest BCUT2D eigenvalue weighted by molar-refractivity contribution is -0.134. The highest BCUT2D eigenvalue weighted by molar-refractivity contribution is 7.15. The van der Waals surface area contributed by atoms with Gasteiger partial charge in [0.15, 0.2) is 5.75 Å². The molecule has 3 heterocycles. The van der Waals surface area contributed by atoms with Gasteiger partial charge in [0.05, 0.1) is 31.8 Å². The molecule has 3 N–H and O–H groups in total. The number of benzene rings is 2. The second kappa shape index (κ2) is 9.46. The van der Waals surface area contributed by atoms with E-state index in [9.17, 15) is 22.8 Å². The second-order valence-corrected chi connectivity index (χ2v) is 9.96. The van der Waals surface area contributed by atoms with Crippen LogP contribution in [0, 0.1) is 6.92 Å². The van der Waals surface area contributed by atoms with E-state index in [0.717, 1.165) is 16.3 Å². The number of nitrogens with one attached hydrogen (secondary N) is 1. The van der Waals surface area contributed by atoms with Gasteiger partial charge in [-0.1, -0.05) is 23.2 Å². The summed E-state index contributed by atoms with van der Waals surface area (Å²) in [5, 5.41) is 4.55. The lowest BCUT2D eigenvalue weighted by atomic mass is 10.1. The Balaban J connectivity index is 1.47. The fourth-order valence-electron chi connectivity index (χ4n) is 3.66. The highest BCUT2D eigenvalue weighted by Crippen LogP contribution is 2.40. The Morgan fingerprint density at radius 3 is 2.42 bits per heavy atom. The number of hydrogen-bond donors (Lipinski definition) is 2. The number of pyridine rings is 1. The number of aryl methyl sites for hydroxylation is 1. The number of fused-ring (bicyclic) bond motifs is 1. The number of aromatic amines is 1. The molecule has 0 bridgehead atoms. The Hall–Kier alpha value is -3.87. The van der Waals surface area contributed by atoms with Crippen molar-refractivity contribution in [3.05, 3.63) is 89.9 Å². The molecule has 38 heavy (non-hydrogen) atoms. The van der Waals surface area contributed by atoms with Gasteiger partial charge in [-0.05, 0) is 61.0 Å². The molecule has 0 aliphatic carbocycles. The summed E-state index contributed by atoms with van der Waals surface area (Å²) in [5.74, 6) is 0.0495. The van der Waals surface area contributed by atoms with Crippen molar-refractivity contribution in [1.82, 2.24) is 19.7 Å². The number of nitrogen functional groups attached to an aromatic ring is 1. The first-order valence-electron chi connectivity index (χ1n) is 10.7. The van der Waals surface area contributed by atoms with Crippen LogP contribution in [0.15, 0.2) is 58.1 Å². The van der Waals surface area contributed by atoms with Crippen molar-refractivity contribution < 1.29 is 17.9 Å². The minimum atomic E-state index is -4.42. The lowest BCUT2D eigenvalue weighted by Gasteiger charge is -2.13. The van der Waals surface area contributed by atoms with E-state index in [2.05, 4.69) is 10.1 Å². The molecular weight excluding hydrogens is 566 g/mol. The topological polar surface area (TPSA) is 116 Å². The van der Waals surface area contributed by atoms with Gasteiger partial charge in [-0.3, -0.25) is 9.78 Å². The van der Waals surface area contributed by atoms with Crippen LogP contribution in [0.1, 0.15) is 10.4 Å². The number of nitrogens with two attached hydrogens (primary N) is 1. The van der Waals surface area contributed by atoms with E-state index >= 15 is 0 Å². The average Bonchev–Trinajstić information content (AvgIpc) is 3.35. The first kappa shape index (κ1) is 25.8. The maximum Gasteiger partial charge on any atom is 0.425 e. The molecular formula is C24H14Cl2F3N5O3S. The first-order valence-corrected chi connectivity index (χ1v) is 12.2. The Labute approximate surface area is 225 Å². The maximum absolute atomic E-state index is 13.0. The Kier molecular flexibility index (Phi) is 6.41. The Bertz CT molecular complexity index is 1830. The third-order valence-electron chi connectivity index (χ3n) is 5.43. The number of halogens is 5. The largest absolute Gasteiger partial charge is 0.454 e. The minimum absolute atomic E-state index is 0.0504. The summed E-state index contributed by atoms with van der Waals surface area (Å²) < 4.78 is 45.8. The summed E-state index contributed by atoms with van der Waals surface area (Å²) in [4.78, 5) is 29.9. The normalized spacial score (nSPS) is 11.7. The van der Waals surface area contributed by atoms with E-state index in [4.69, 9.17) is 33.7 Å². The summed E-state index contributed by atoms with van der Waals surface area (Å²) >= 11 is 13.4. The summed E-state index contributed by atoms with van der Waals surface area (Å²) in [5.41, 5.74) is 5.75. The van der Waals surface area contributed by atoms with Crippen molar-refractivity contribution in [1.29, 1.82) is 0 Å². The quantitative estimate of drug-likeness (QED) is 0.261. The molecule has 8 nitrogen and oxygen atoms in total. The third kappa shape index (κ3) is 4.85. The summed E-state index contributed by atoms with van der Waals surface area (Å²) in [6.45, 7) is 1.81. The number of anilines is 1. The number of thiophene rings is 1. The first-order chi connectivity index (χ1) is 17.9. The van der Waals surface area contributed by atoms with Crippen LogP contribution in [0.25, 0.3) is 27.2 Å². The van der Waals surface area contributed by atoms with E-state index < -0.39 is 28.1 Å². The van der Waals surface area contributed by atoms with Gasteiger partial charge in [-0.2, -0.15) is 17.9 Å². The van der Waals surface area contributed by atoms with E-state index in [1.165, 1.54) is 18.2 Å². The molecule has 0 atom stereocenters. The summed E-state index contributed by atoms with van der Waals surface area (Å²) in [6, 6.07) is 11.9. The predicted molar refractivity (Wildman–Crippen MR) is 140 cm³/mol. The molecule has 5 rings (SSSR count). The zero-order valence-electron chi connectivity index (χ0n) is 19.1. The Morgan fingerprint density at radius 2 is 1.76 bits per heavy atom. The molecule has 0 amide bonds. The number of hydrogen-bond acceptors (Lipinski definition) is 7. The molecule has 5 aromatic rings. The van der Waals surface area contributed by atoms with E-state index in [1.54, 1.807) is 24.3 Å². The smallest absolute Gasteiger partial charge is 0.425 e. The van der Waals surface area contributed by atoms with Gasteiger partial charge in [-0.15, -0.1) is 16.4 Å². The number of rotatable bonds is 4. The molecule has 0 aliphatic rings. The van der Waals surface area contributed by atoms with Crippen LogP contribution in [0.4, 0.5) is 19.0 Å². The van der Waals surface area contributed by atoms with Crippen LogP contribution in [-0.2, 0) is 6.18 Å². The van der Waals surface area contributed by atoms with Gasteiger partial charge < -0.3 is 10.5 Å². The van der Waals surface area contributed by atoms with Crippen molar-refractivity contribution >= 4 is 51.3 Å². The monoisotopic (exact) mass is 579 g/mol. The van der Waals surface area contributed by atoms with Crippen molar-refractivity contribution in [2.45, 2.75) is 13.1 Å². The van der Waals surface area contributed by atoms with Crippen molar-refractivity contribution in [2.24, 2.45) is 0 Å². The average molecular weight is 580 g/mol. The van der Waals surface area contributed by atoms with E-state index in [-0.39, 0.29) is 21.5 Å². The number of nitrogens with zero attached hydrogens (tertiary/aromatic N) is 3. The van der Waals surface area contributed by atoms with Crippen LogP contribution >= 0.6 is 34.5 Å². The van der Waals surface area contributed by atoms with Crippen LogP contribution in [0.3, 0.4) is 0 Å².